The van der Waals surface area contributed by atoms with Gasteiger partial charge in [-0.15, -0.1) is 0 Å². The Labute approximate surface area is 178 Å². The van der Waals surface area contributed by atoms with Crippen LogP contribution in [-0.4, -0.2) is 29.8 Å². The zero-order valence-corrected chi connectivity index (χ0v) is 18.5. The summed E-state index contributed by atoms with van der Waals surface area (Å²) in [7, 11) is 0. The maximum atomic E-state index is 13.2. The molecule has 4 aliphatic rings. The van der Waals surface area contributed by atoms with E-state index in [0.717, 1.165) is 37.7 Å². The fourth-order valence-electron chi connectivity index (χ4n) is 6.54. The predicted molar refractivity (Wildman–Crippen MR) is 114 cm³/mol. The van der Waals surface area contributed by atoms with E-state index in [2.05, 4.69) is 26.1 Å². The molecule has 162 valence electrons. The molecule has 4 aliphatic carbocycles. The fourth-order valence-corrected chi connectivity index (χ4v) is 6.54. The number of ether oxygens (including phenoxy) is 1. The molecule has 5 rings (SSSR count). The molecule has 5 heteroatoms. The number of esters is 1. The van der Waals surface area contributed by atoms with E-state index in [0.29, 0.717) is 23.8 Å². The number of benzene rings is 1. The normalized spacial score (nSPS) is 32.0. The average Bonchev–Trinajstić information content (AvgIpc) is 2.63. The van der Waals surface area contributed by atoms with Crippen LogP contribution in [0.1, 0.15) is 82.1 Å². The van der Waals surface area contributed by atoms with Gasteiger partial charge in [-0.05, 0) is 61.3 Å². The summed E-state index contributed by atoms with van der Waals surface area (Å²) in [5, 5.41) is 3.16. The second-order valence-corrected chi connectivity index (χ2v) is 11.0. The Hall–Kier alpha value is -2.17. The van der Waals surface area contributed by atoms with Crippen molar-refractivity contribution >= 4 is 17.7 Å². The molecule has 0 aromatic heterocycles. The summed E-state index contributed by atoms with van der Waals surface area (Å²) in [5.41, 5.74) is 0.921. The summed E-state index contributed by atoms with van der Waals surface area (Å²) in [6, 6.07) is 7.55. The Bertz CT molecular complexity index is 850. The number of ketones is 1. The zero-order valence-electron chi connectivity index (χ0n) is 18.5. The fraction of sp³-hybridized carbons (Fsp3) is 0.640. The summed E-state index contributed by atoms with van der Waals surface area (Å²) in [4.78, 5) is 37.6. The third-order valence-electron chi connectivity index (χ3n) is 7.34. The number of hydrogen-bond acceptors (Lipinski definition) is 4. The van der Waals surface area contributed by atoms with Gasteiger partial charge >= 0.3 is 5.97 Å². The first-order valence-electron chi connectivity index (χ1n) is 11.1. The monoisotopic (exact) mass is 411 g/mol. The van der Waals surface area contributed by atoms with Gasteiger partial charge in [-0.1, -0.05) is 45.0 Å². The summed E-state index contributed by atoms with van der Waals surface area (Å²) in [6.07, 6.45) is 5.32. The van der Waals surface area contributed by atoms with Crippen molar-refractivity contribution in [1.29, 1.82) is 0 Å². The van der Waals surface area contributed by atoms with Crippen LogP contribution in [0.2, 0.25) is 0 Å². The minimum absolute atomic E-state index is 0.0242. The van der Waals surface area contributed by atoms with Gasteiger partial charge in [0.2, 0.25) is 5.91 Å². The summed E-state index contributed by atoms with van der Waals surface area (Å²) in [5.74, 6) is 0.433. The number of carbonyl (C=O) groups excluding carboxylic acids is 3. The van der Waals surface area contributed by atoms with E-state index in [-0.39, 0.29) is 35.2 Å². The molecule has 30 heavy (non-hydrogen) atoms. The molecular weight excluding hydrogens is 378 g/mol. The molecule has 5 nitrogen and oxygen atoms in total. The van der Waals surface area contributed by atoms with Crippen LogP contribution in [0.4, 0.5) is 0 Å². The molecule has 0 radical (unpaired) electrons. The minimum Gasteiger partial charge on any atom is -0.457 e. The number of Topliss-reactive ketones (excluding diaryl/α,β-unsaturated/α-hetero) is 1. The summed E-state index contributed by atoms with van der Waals surface area (Å²) < 4.78 is 5.59. The SMILES string of the molecule is CC(=O)NC12CC3CC(C1)CC(C(=O)OCC(=O)c1ccc(C(C)(C)C)cc1)(C3)C2. The maximum Gasteiger partial charge on any atom is 0.312 e. The lowest BCUT2D eigenvalue weighted by atomic mass is 9.47. The smallest absolute Gasteiger partial charge is 0.312 e. The van der Waals surface area contributed by atoms with Crippen molar-refractivity contribution in [2.24, 2.45) is 17.3 Å². The van der Waals surface area contributed by atoms with E-state index in [9.17, 15) is 14.4 Å². The van der Waals surface area contributed by atoms with Gasteiger partial charge in [-0.2, -0.15) is 0 Å². The van der Waals surface area contributed by atoms with E-state index >= 15 is 0 Å². The number of carbonyl (C=O) groups is 3. The molecule has 2 unspecified atom stereocenters. The van der Waals surface area contributed by atoms with Crippen molar-refractivity contribution in [2.45, 2.75) is 77.2 Å². The Morgan fingerprint density at radius 1 is 1.03 bits per heavy atom. The highest BCUT2D eigenvalue weighted by atomic mass is 16.5. The lowest BCUT2D eigenvalue weighted by Crippen LogP contribution is -2.64. The first-order chi connectivity index (χ1) is 14.0. The summed E-state index contributed by atoms with van der Waals surface area (Å²) >= 11 is 0. The lowest BCUT2D eigenvalue weighted by molar-refractivity contribution is -0.174. The summed E-state index contributed by atoms with van der Waals surface area (Å²) in [6.45, 7) is 7.71. The molecule has 0 spiro atoms. The molecular formula is C25H33NO4. The standard InChI is InChI=1S/C25H33NO4/c1-16(27)26-25-12-17-9-18(13-25)11-24(10-17,15-25)22(29)30-14-21(28)19-5-7-20(8-6-19)23(2,3)4/h5-8,17-18H,9-15H2,1-4H3,(H,26,27). The van der Waals surface area contributed by atoms with Crippen molar-refractivity contribution < 1.29 is 19.1 Å². The molecule has 0 heterocycles. The van der Waals surface area contributed by atoms with Gasteiger partial charge in [0, 0.05) is 18.0 Å². The second-order valence-electron chi connectivity index (χ2n) is 11.0. The molecule has 0 aliphatic heterocycles. The average molecular weight is 412 g/mol. The predicted octanol–water partition coefficient (Wildman–Crippen LogP) is 4.19. The minimum atomic E-state index is -0.553. The number of nitrogens with one attached hydrogen (secondary N) is 1. The quantitative estimate of drug-likeness (QED) is 0.583. The van der Waals surface area contributed by atoms with E-state index in [1.165, 1.54) is 0 Å². The Balaban J connectivity index is 1.42. The lowest BCUT2D eigenvalue weighted by Gasteiger charge is -2.60. The van der Waals surface area contributed by atoms with Crippen molar-refractivity contribution in [2.75, 3.05) is 6.61 Å². The molecule has 0 saturated heterocycles. The number of amides is 1. The van der Waals surface area contributed by atoms with Crippen LogP contribution >= 0.6 is 0 Å². The Kier molecular flexibility index (Phi) is 5.06. The largest absolute Gasteiger partial charge is 0.457 e. The molecule has 4 saturated carbocycles. The van der Waals surface area contributed by atoms with Crippen LogP contribution in [0.25, 0.3) is 0 Å². The third-order valence-corrected chi connectivity index (χ3v) is 7.34. The molecule has 2 atom stereocenters. The van der Waals surface area contributed by atoms with E-state index in [1.807, 2.05) is 24.3 Å². The van der Waals surface area contributed by atoms with Gasteiger partial charge in [-0.25, -0.2) is 0 Å². The van der Waals surface area contributed by atoms with Crippen LogP contribution in [0.5, 0.6) is 0 Å². The maximum absolute atomic E-state index is 13.2. The van der Waals surface area contributed by atoms with Gasteiger partial charge in [0.05, 0.1) is 5.41 Å². The van der Waals surface area contributed by atoms with Gasteiger partial charge < -0.3 is 10.1 Å². The Morgan fingerprint density at radius 3 is 2.17 bits per heavy atom. The van der Waals surface area contributed by atoms with Gasteiger partial charge in [-0.3, -0.25) is 14.4 Å². The van der Waals surface area contributed by atoms with Gasteiger partial charge in [0.1, 0.15) is 0 Å². The van der Waals surface area contributed by atoms with E-state index < -0.39 is 5.41 Å². The molecule has 4 bridgehead atoms. The van der Waals surface area contributed by atoms with Gasteiger partial charge in [0.15, 0.2) is 12.4 Å². The molecule has 1 N–H and O–H groups in total. The first kappa shape index (κ1) is 21.1. The van der Waals surface area contributed by atoms with Crippen LogP contribution in [0.3, 0.4) is 0 Å². The Morgan fingerprint density at radius 2 is 1.63 bits per heavy atom. The second kappa shape index (κ2) is 7.21. The van der Waals surface area contributed by atoms with E-state index in [4.69, 9.17) is 4.74 Å². The van der Waals surface area contributed by atoms with Crippen molar-refractivity contribution in [3.8, 4) is 0 Å². The van der Waals surface area contributed by atoms with Gasteiger partial charge in [0.25, 0.3) is 0 Å². The highest BCUT2D eigenvalue weighted by Gasteiger charge is 2.61. The highest BCUT2D eigenvalue weighted by molar-refractivity contribution is 5.98. The van der Waals surface area contributed by atoms with Crippen molar-refractivity contribution in [1.82, 2.24) is 5.32 Å². The first-order valence-corrected chi connectivity index (χ1v) is 11.1. The topological polar surface area (TPSA) is 72.5 Å². The number of rotatable bonds is 5. The molecule has 4 fully saturated rings. The van der Waals surface area contributed by atoms with Crippen LogP contribution < -0.4 is 5.32 Å². The van der Waals surface area contributed by atoms with Crippen LogP contribution in [-0.2, 0) is 19.7 Å². The number of hydrogen-bond donors (Lipinski definition) is 1. The van der Waals surface area contributed by atoms with Crippen molar-refractivity contribution in [3.63, 3.8) is 0 Å². The van der Waals surface area contributed by atoms with Crippen molar-refractivity contribution in [3.05, 3.63) is 35.4 Å². The van der Waals surface area contributed by atoms with E-state index in [1.54, 1.807) is 6.92 Å². The highest BCUT2D eigenvalue weighted by Crippen LogP contribution is 2.62. The van der Waals surface area contributed by atoms with Crippen LogP contribution in [0, 0.1) is 17.3 Å². The zero-order chi connectivity index (χ0) is 21.7. The molecule has 1 aromatic rings. The molecule has 1 aromatic carbocycles. The third kappa shape index (κ3) is 3.91. The molecule has 1 amide bonds. The van der Waals surface area contributed by atoms with Crippen LogP contribution in [0.15, 0.2) is 24.3 Å².